The van der Waals surface area contributed by atoms with Gasteiger partial charge in [-0.3, -0.25) is 4.79 Å². The summed E-state index contributed by atoms with van der Waals surface area (Å²) in [5, 5.41) is 11.9. The molecule has 1 aliphatic carbocycles. The van der Waals surface area contributed by atoms with Gasteiger partial charge in [0.25, 0.3) is 0 Å². The summed E-state index contributed by atoms with van der Waals surface area (Å²) in [5.41, 5.74) is -0.0508. The van der Waals surface area contributed by atoms with Gasteiger partial charge in [0.05, 0.1) is 6.61 Å². The van der Waals surface area contributed by atoms with E-state index in [9.17, 15) is 4.79 Å². The average Bonchev–Trinajstić information content (AvgIpc) is 3.00. The van der Waals surface area contributed by atoms with Gasteiger partial charge in [-0.25, -0.2) is 0 Å². The topological polar surface area (TPSA) is 62.5 Å². The van der Waals surface area contributed by atoms with Crippen LogP contribution in [0.2, 0.25) is 0 Å². The zero-order valence-corrected chi connectivity index (χ0v) is 9.90. The van der Waals surface area contributed by atoms with Crippen molar-refractivity contribution < 1.29 is 14.3 Å². The molecule has 1 aromatic heterocycles. The fraction of sp³-hybridized carbons (Fsp3) is 0.462. The maximum absolute atomic E-state index is 11.5. The van der Waals surface area contributed by atoms with E-state index in [0.29, 0.717) is 12.3 Å². The molecule has 1 aromatic rings. The Balaban J connectivity index is 1.79. The summed E-state index contributed by atoms with van der Waals surface area (Å²) >= 11 is 0. The molecule has 0 spiro atoms. The number of carbonyl (C=O) groups excluding carboxylic acids is 1. The first-order valence-corrected chi connectivity index (χ1v) is 5.77. The molecule has 1 amide bonds. The molecule has 2 N–H and O–H groups in total. The lowest BCUT2D eigenvalue weighted by molar-refractivity contribution is -0.116. The Labute approximate surface area is 100 Å². The van der Waals surface area contributed by atoms with Crippen LogP contribution in [-0.2, 0) is 4.79 Å². The summed E-state index contributed by atoms with van der Waals surface area (Å²) < 4.78 is 5.31. The number of aliphatic hydroxyl groups excluding tert-OH is 1. The zero-order chi connectivity index (χ0) is 12.3. The molecule has 92 valence electrons. The van der Waals surface area contributed by atoms with Gasteiger partial charge in [0, 0.05) is 18.0 Å². The summed E-state index contributed by atoms with van der Waals surface area (Å²) in [6.07, 6.45) is 5.07. The lowest BCUT2D eigenvalue weighted by Gasteiger charge is -2.10. The largest absolute Gasteiger partial charge is 0.462 e. The van der Waals surface area contributed by atoms with Crippen LogP contribution < -0.4 is 5.32 Å². The molecule has 4 nitrogen and oxygen atoms in total. The van der Waals surface area contributed by atoms with Crippen molar-refractivity contribution in [2.75, 3.05) is 13.2 Å². The Bertz CT molecular complexity index is 430. The van der Waals surface area contributed by atoms with Crippen molar-refractivity contribution in [1.82, 2.24) is 5.32 Å². The molecule has 1 saturated carbocycles. The Kier molecular flexibility index (Phi) is 3.33. The van der Waals surface area contributed by atoms with E-state index in [1.54, 1.807) is 6.08 Å². The third kappa shape index (κ3) is 3.20. The predicted molar refractivity (Wildman–Crippen MR) is 64.2 cm³/mol. The van der Waals surface area contributed by atoms with Crippen molar-refractivity contribution in [3.05, 3.63) is 29.7 Å². The summed E-state index contributed by atoms with van der Waals surface area (Å²) in [4.78, 5) is 11.5. The average molecular weight is 235 g/mol. The molecule has 1 heterocycles. The van der Waals surface area contributed by atoms with Crippen molar-refractivity contribution in [3.8, 4) is 0 Å². The van der Waals surface area contributed by atoms with E-state index in [2.05, 4.69) is 5.32 Å². The molecule has 0 radical (unpaired) electrons. The van der Waals surface area contributed by atoms with Crippen LogP contribution in [-0.4, -0.2) is 24.2 Å². The minimum Gasteiger partial charge on any atom is -0.462 e. The van der Waals surface area contributed by atoms with Crippen LogP contribution in [0.3, 0.4) is 0 Å². The summed E-state index contributed by atoms with van der Waals surface area (Å²) in [6, 6.07) is 3.66. The molecule has 0 unspecified atom stereocenters. The van der Waals surface area contributed by atoms with Crippen molar-refractivity contribution in [3.63, 3.8) is 0 Å². The summed E-state index contributed by atoms with van der Waals surface area (Å²) in [7, 11) is 0. The highest BCUT2D eigenvalue weighted by atomic mass is 16.3. The number of amides is 1. The number of hydrogen-bond acceptors (Lipinski definition) is 3. The van der Waals surface area contributed by atoms with E-state index < -0.39 is 0 Å². The Morgan fingerprint density at radius 2 is 2.35 bits per heavy atom. The number of rotatable bonds is 5. The van der Waals surface area contributed by atoms with Crippen LogP contribution in [0, 0.1) is 12.3 Å². The molecule has 0 aromatic carbocycles. The maximum atomic E-state index is 11.5. The third-order valence-electron chi connectivity index (χ3n) is 3.09. The van der Waals surface area contributed by atoms with E-state index in [1.807, 2.05) is 19.1 Å². The Morgan fingerprint density at radius 3 is 2.88 bits per heavy atom. The van der Waals surface area contributed by atoms with Gasteiger partial charge in [0.15, 0.2) is 0 Å². The second kappa shape index (κ2) is 4.75. The van der Waals surface area contributed by atoms with Crippen LogP contribution in [0.4, 0.5) is 0 Å². The van der Waals surface area contributed by atoms with Gasteiger partial charge in [0.1, 0.15) is 11.5 Å². The molecule has 1 aliphatic rings. The highest BCUT2D eigenvalue weighted by Crippen LogP contribution is 2.44. The number of furan rings is 1. The molecule has 0 atom stereocenters. The van der Waals surface area contributed by atoms with Gasteiger partial charge in [-0.2, -0.15) is 0 Å². The van der Waals surface area contributed by atoms with Gasteiger partial charge < -0.3 is 14.8 Å². The molecule has 4 heteroatoms. The number of hydrogen-bond donors (Lipinski definition) is 2. The lowest BCUT2D eigenvalue weighted by atomic mass is 10.1. The Hall–Kier alpha value is -1.55. The summed E-state index contributed by atoms with van der Waals surface area (Å²) in [5.74, 6) is 1.34. The Morgan fingerprint density at radius 1 is 1.59 bits per heavy atom. The van der Waals surface area contributed by atoms with E-state index >= 15 is 0 Å². The predicted octanol–water partition coefficient (Wildman–Crippen LogP) is 1.49. The lowest BCUT2D eigenvalue weighted by Crippen LogP contribution is -2.30. The molecule has 0 saturated heterocycles. The van der Waals surface area contributed by atoms with Crippen LogP contribution in [0.25, 0.3) is 6.08 Å². The maximum Gasteiger partial charge on any atom is 0.244 e. The molecular formula is C13H17NO3. The van der Waals surface area contributed by atoms with Crippen LogP contribution in [0.15, 0.2) is 22.6 Å². The van der Waals surface area contributed by atoms with E-state index in [-0.39, 0.29) is 17.9 Å². The van der Waals surface area contributed by atoms with Crippen LogP contribution >= 0.6 is 0 Å². The van der Waals surface area contributed by atoms with E-state index in [1.165, 1.54) is 6.08 Å². The van der Waals surface area contributed by atoms with Crippen molar-refractivity contribution in [2.45, 2.75) is 19.8 Å². The standard InChI is InChI=1S/C13H17NO3/c1-10-2-3-11(17-10)4-5-12(16)14-8-13(9-15)6-7-13/h2-5,15H,6-9H2,1H3,(H,14,16)/b5-4+. The number of carbonyl (C=O) groups is 1. The highest BCUT2D eigenvalue weighted by Gasteiger charge is 2.41. The third-order valence-corrected chi connectivity index (χ3v) is 3.09. The van der Waals surface area contributed by atoms with Gasteiger partial charge in [-0.05, 0) is 38.0 Å². The van der Waals surface area contributed by atoms with Gasteiger partial charge in [-0.15, -0.1) is 0 Å². The van der Waals surface area contributed by atoms with E-state index in [0.717, 1.165) is 18.6 Å². The fourth-order valence-corrected chi connectivity index (χ4v) is 1.60. The zero-order valence-electron chi connectivity index (χ0n) is 9.90. The molecule has 2 rings (SSSR count). The minimum absolute atomic E-state index is 0.0508. The van der Waals surface area contributed by atoms with E-state index in [4.69, 9.17) is 9.52 Å². The second-order valence-electron chi connectivity index (χ2n) is 4.66. The molecule has 1 fully saturated rings. The molecule has 17 heavy (non-hydrogen) atoms. The first-order valence-electron chi connectivity index (χ1n) is 5.77. The van der Waals surface area contributed by atoms with Crippen molar-refractivity contribution >= 4 is 12.0 Å². The number of aliphatic hydroxyl groups is 1. The quantitative estimate of drug-likeness (QED) is 0.760. The van der Waals surface area contributed by atoms with Crippen molar-refractivity contribution in [1.29, 1.82) is 0 Å². The monoisotopic (exact) mass is 235 g/mol. The van der Waals surface area contributed by atoms with Gasteiger partial charge in [0.2, 0.25) is 5.91 Å². The van der Waals surface area contributed by atoms with Gasteiger partial charge in [-0.1, -0.05) is 0 Å². The first-order chi connectivity index (χ1) is 8.13. The molecular weight excluding hydrogens is 218 g/mol. The summed E-state index contributed by atoms with van der Waals surface area (Å²) in [6.45, 7) is 2.55. The highest BCUT2D eigenvalue weighted by molar-refractivity contribution is 5.91. The van der Waals surface area contributed by atoms with Crippen LogP contribution in [0.5, 0.6) is 0 Å². The smallest absolute Gasteiger partial charge is 0.244 e. The normalized spacial score (nSPS) is 17.3. The van der Waals surface area contributed by atoms with Crippen LogP contribution in [0.1, 0.15) is 24.4 Å². The molecule has 0 aliphatic heterocycles. The minimum atomic E-state index is -0.154. The van der Waals surface area contributed by atoms with Gasteiger partial charge >= 0.3 is 0 Å². The SMILES string of the molecule is Cc1ccc(/C=C/C(=O)NCC2(CO)CC2)o1. The van der Waals surface area contributed by atoms with Crippen molar-refractivity contribution in [2.24, 2.45) is 5.41 Å². The molecule has 0 bridgehead atoms. The number of nitrogens with one attached hydrogen (secondary N) is 1. The number of aryl methyl sites for hydroxylation is 1. The second-order valence-corrected chi connectivity index (χ2v) is 4.66. The fourth-order valence-electron chi connectivity index (χ4n) is 1.60. The first kappa shape index (κ1) is 11.9.